The summed E-state index contributed by atoms with van der Waals surface area (Å²) in [7, 11) is 0. The van der Waals surface area contributed by atoms with Crippen LogP contribution >= 0.6 is 11.6 Å². The van der Waals surface area contributed by atoms with Crippen LogP contribution in [-0.4, -0.2) is 63.5 Å². The van der Waals surface area contributed by atoms with Gasteiger partial charge in [0.15, 0.2) is 0 Å². The number of ether oxygens (including phenoxy) is 1. The number of aromatic nitrogens is 3. The van der Waals surface area contributed by atoms with Crippen LogP contribution in [0.1, 0.15) is 38.6 Å². The number of hydrogen-bond acceptors (Lipinski definition) is 5. The lowest BCUT2D eigenvalue weighted by atomic mass is 10.1. The molecule has 4 rings (SSSR count). The molecule has 1 N–H and O–H groups in total. The monoisotopic (exact) mass is 511 g/mol. The van der Waals surface area contributed by atoms with Crippen molar-refractivity contribution in [2.75, 3.05) is 26.3 Å². The molecule has 1 aromatic heterocycles. The molecule has 1 aliphatic rings. The lowest BCUT2D eigenvalue weighted by Gasteiger charge is -2.35. The number of benzene rings is 2. The van der Waals surface area contributed by atoms with Gasteiger partial charge in [-0.25, -0.2) is 9.36 Å². The molecule has 2 heterocycles. The second-order valence-corrected chi connectivity index (χ2v) is 9.85. The number of carbonyl (C=O) groups is 1. The molecule has 3 aromatic rings. The number of amides is 1. The largest absolute Gasteiger partial charge is 0.378 e. The molecule has 1 fully saturated rings. The number of halogens is 1. The van der Waals surface area contributed by atoms with Crippen LogP contribution < -0.4 is 11.0 Å². The first-order chi connectivity index (χ1) is 17.4. The molecule has 8 nitrogen and oxygen atoms in total. The maximum absolute atomic E-state index is 13.5. The van der Waals surface area contributed by atoms with Crippen LogP contribution in [0.2, 0.25) is 5.02 Å². The fraction of sp³-hybridized carbons (Fsp3) is 0.444. The lowest BCUT2D eigenvalue weighted by molar-refractivity contribution is -0.121. The lowest BCUT2D eigenvalue weighted by Crippen LogP contribution is -2.45. The van der Waals surface area contributed by atoms with Crippen molar-refractivity contribution in [3.63, 3.8) is 0 Å². The summed E-state index contributed by atoms with van der Waals surface area (Å²) >= 11 is 6.19. The van der Waals surface area contributed by atoms with Gasteiger partial charge in [-0.3, -0.25) is 9.69 Å². The number of carbonyl (C=O) groups excluding carboxylic acids is 1. The van der Waals surface area contributed by atoms with E-state index in [0.29, 0.717) is 28.3 Å². The second kappa shape index (κ2) is 11.9. The smallest absolute Gasteiger partial charge is 0.355 e. The van der Waals surface area contributed by atoms with Crippen molar-refractivity contribution in [1.82, 2.24) is 24.6 Å². The highest BCUT2D eigenvalue weighted by Gasteiger charge is 2.21. The van der Waals surface area contributed by atoms with Crippen LogP contribution in [0.5, 0.6) is 0 Å². The predicted molar refractivity (Wildman–Crippen MR) is 141 cm³/mol. The van der Waals surface area contributed by atoms with Crippen molar-refractivity contribution in [2.45, 2.75) is 52.1 Å². The van der Waals surface area contributed by atoms with Crippen molar-refractivity contribution < 1.29 is 9.53 Å². The van der Waals surface area contributed by atoms with Gasteiger partial charge < -0.3 is 10.1 Å². The quantitative estimate of drug-likeness (QED) is 0.476. The highest BCUT2D eigenvalue weighted by atomic mass is 35.5. The zero-order valence-corrected chi connectivity index (χ0v) is 21.9. The predicted octanol–water partition coefficient (Wildman–Crippen LogP) is 3.40. The molecule has 1 saturated heterocycles. The Balaban J connectivity index is 1.58. The van der Waals surface area contributed by atoms with Crippen molar-refractivity contribution in [3.8, 4) is 11.4 Å². The summed E-state index contributed by atoms with van der Waals surface area (Å²) in [4.78, 5) is 28.5. The Morgan fingerprint density at radius 2 is 1.97 bits per heavy atom. The molecule has 0 radical (unpaired) electrons. The number of nitrogens with one attached hydrogen (secondary N) is 1. The van der Waals surface area contributed by atoms with E-state index in [0.717, 1.165) is 39.1 Å². The molecular weight excluding hydrogens is 478 g/mol. The van der Waals surface area contributed by atoms with Gasteiger partial charge in [0.25, 0.3) is 0 Å². The summed E-state index contributed by atoms with van der Waals surface area (Å²) in [5.41, 5.74) is 2.06. The van der Waals surface area contributed by atoms with Crippen LogP contribution in [0.3, 0.4) is 0 Å². The minimum atomic E-state index is -0.350. The summed E-state index contributed by atoms with van der Waals surface area (Å²) in [6.45, 7) is 9.49. The minimum Gasteiger partial charge on any atom is -0.378 e. The van der Waals surface area contributed by atoms with Gasteiger partial charge in [0.1, 0.15) is 5.82 Å². The second-order valence-electron chi connectivity index (χ2n) is 9.41. The molecule has 0 bridgehead atoms. The molecule has 0 aliphatic carbocycles. The summed E-state index contributed by atoms with van der Waals surface area (Å²) in [6.07, 6.45) is 1.97. The van der Waals surface area contributed by atoms with E-state index in [9.17, 15) is 9.59 Å². The number of hydrogen-bond donors (Lipinski definition) is 1. The third-order valence-corrected chi connectivity index (χ3v) is 6.61. The molecule has 1 aliphatic heterocycles. The zero-order chi connectivity index (χ0) is 25.7. The van der Waals surface area contributed by atoms with E-state index in [-0.39, 0.29) is 24.1 Å². The highest BCUT2D eigenvalue weighted by molar-refractivity contribution is 6.30. The average Bonchev–Trinajstić information content (AvgIpc) is 3.18. The van der Waals surface area contributed by atoms with Crippen molar-refractivity contribution in [3.05, 3.63) is 75.4 Å². The Morgan fingerprint density at radius 3 is 2.67 bits per heavy atom. The Bertz CT molecular complexity index is 1230. The molecule has 1 unspecified atom stereocenters. The van der Waals surface area contributed by atoms with Gasteiger partial charge in [-0.2, -0.15) is 4.68 Å². The fourth-order valence-electron chi connectivity index (χ4n) is 4.52. The average molecular weight is 512 g/mol. The summed E-state index contributed by atoms with van der Waals surface area (Å²) in [6, 6.07) is 15.3. The van der Waals surface area contributed by atoms with Gasteiger partial charge in [0.05, 0.1) is 31.0 Å². The molecular formula is C27H34ClN5O3. The Hall–Kier alpha value is -2.94. The summed E-state index contributed by atoms with van der Waals surface area (Å²) in [5.74, 6) is 0.150. The Labute approximate surface area is 216 Å². The molecule has 36 heavy (non-hydrogen) atoms. The van der Waals surface area contributed by atoms with E-state index < -0.39 is 0 Å². The van der Waals surface area contributed by atoms with E-state index in [4.69, 9.17) is 16.3 Å². The number of rotatable bonds is 9. The van der Waals surface area contributed by atoms with Crippen LogP contribution in [0.25, 0.3) is 11.4 Å². The Morgan fingerprint density at radius 1 is 1.19 bits per heavy atom. The Kier molecular flexibility index (Phi) is 8.61. The highest BCUT2D eigenvalue weighted by Crippen LogP contribution is 2.17. The van der Waals surface area contributed by atoms with Crippen LogP contribution in [0.4, 0.5) is 0 Å². The molecule has 0 saturated carbocycles. The van der Waals surface area contributed by atoms with Gasteiger partial charge in [-0.1, -0.05) is 36.7 Å². The summed E-state index contributed by atoms with van der Waals surface area (Å²) < 4.78 is 8.40. The molecule has 1 atom stereocenters. The van der Waals surface area contributed by atoms with Crippen LogP contribution in [0, 0.1) is 0 Å². The van der Waals surface area contributed by atoms with Gasteiger partial charge >= 0.3 is 5.69 Å². The first kappa shape index (κ1) is 26.1. The number of nitrogens with zero attached hydrogens (tertiary/aromatic N) is 4. The molecule has 9 heteroatoms. The minimum absolute atomic E-state index is 0.0106. The summed E-state index contributed by atoms with van der Waals surface area (Å²) in [5, 5.41) is 7.91. The molecule has 192 valence electrons. The molecule has 0 spiro atoms. The van der Waals surface area contributed by atoms with Crippen molar-refractivity contribution in [1.29, 1.82) is 0 Å². The SMILES string of the molecule is CCC1COCCN1CCc1ccc(-n2nc(CC(=O)NC(C)C)n(-c3cccc(Cl)c3)c2=O)cc1. The van der Waals surface area contributed by atoms with E-state index in [1.165, 1.54) is 14.8 Å². The third kappa shape index (κ3) is 6.24. The fourth-order valence-corrected chi connectivity index (χ4v) is 4.70. The third-order valence-electron chi connectivity index (χ3n) is 6.37. The normalized spacial score (nSPS) is 16.4. The van der Waals surface area contributed by atoms with E-state index in [1.807, 2.05) is 38.1 Å². The number of morpholine rings is 1. The van der Waals surface area contributed by atoms with Gasteiger partial charge in [0.2, 0.25) is 5.91 Å². The van der Waals surface area contributed by atoms with Crippen molar-refractivity contribution in [2.24, 2.45) is 0 Å². The van der Waals surface area contributed by atoms with E-state index in [2.05, 4.69) is 22.2 Å². The van der Waals surface area contributed by atoms with Crippen LogP contribution in [0.15, 0.2) is 53.3 Å². The standard InChI is InChI=1S/C27H34ClN5O3/c1-4-22-18-36-15-14-31(22)13-12-20-8-10-23(11-9-20)33-27(35)32(24-7-5-6-21(28)16-24)25(30-33)17-26(34)29-19(2)3/h5-11,16,19,22H,4,12-15,17-18H2,1-3H3,(H,29,34). The zero-order valence-electron chi connectivity index (χ0n) is 21.1. The maximum atomic E-state index is 13.5. The van der Waals surface area contributed by atoms with Crippen molar-refractivity contribution >= 4 is 17.5 Å². The van der Waals surface area contributed by atoms with E-state index in [1.54, 1.807) is 24.3 Å². The van der Waals surface area contributed by atoms with Gasteiger partial charge in [-0.15, -0.1) is 5.10 Å². The molecule has 2 aromatic carbocycles. The first-order valence-corrected chi connectivity index (χ1v) is 12.9. The van der Waals surface area contributed by atoms with Gasteiger partial charge in [0, 0.05) is 30.2 Å². The first-order valence-electron chi connectivity index (χ1n) is 12.5. The van der Waals surface area contributed by atoms with Crippen LogP contribution in [-0.2, 0) is 22.4 Å². The van der Waals surface area contributed by atoms with E-state index >= 15 is 0 Å². The van der Waals surface area contributed by atoms with Gasteiger partial charge in [-0.05, 0) is 62.6 Å². The maximum Gasteiger partial charge on any atom is 0.355 e. The topological polar surface area (TPSA) is 81.4 Å². The molecule has 1 amide bonds.